The molecule has 1 unspecified atom stereocenters. The quantitative estimate of drug-likeness (QED) is 0.927. The molecule has 0 fully saturated rings. The van der Waals surface area contributed by atoms with Crippen molar-refractivity contribution in [3.8, 4) is 5.75 Å². The first-order valence-electron chi connectivity index (χ1n) is 5.93. The summed E-state index contributed by atoms with van der Waals surface area (Å²) in [5.41, 5.74) is 8.01. The maximum Gasteiger partial charge on any atom is 0.123 e. The lowest BCUT2D eigenvalue weighted by molar-refractivity contribution is 0.414. The molecule has 0 aliphatic heterocycles. The summed E-state index contributed by atoms with van der Waals surface area (Å²) >= 11 is 3.41. The molecule has 0 radical (unpaired) electrons. The first kappa shape index (κ1) is 14.0. The van der Waals surface area contributed by atoms with E-state index >= 15 is 0 Å². The molecular weight excluding hydrogens is 309 g/mol. The molecule has 0 aliphatic rings. The van der Waals surface area contributed by atoms with Crippen LogP contribution in [0, 0.1) is 5.82 Å². The molecule has 2 nitrogen and oxygen atoms in total. The van der Waals surface area contributed by atoms with Crippen molar-refractivity contribution in [3.63, 3.8) is 0 Å². The van der Waals surface area contributed by atoms with Crippen LogP contribution in [-0.2, 0) is 6.42 Å². The normalized spacial score (nSPS) is 12.2. The fourth-order valence-corrected chi connectivity index (χ4v) is 2.31. The minimum Gasteiger partial charge on any atom is -0.497 e. The van der Waals surface area contributed by atoms with Gasteiger partial charge in [-0.3, -0.25) is 0 Å². The van der Waals surface area contributed by atoms with E-state index in [2.05, 4.69) is 15.9 Å². The number of ether oxygens (including phenoxy) is 1. The number of benzene rings is 2. The second-order valence-corrected chi connectivity index (χ2v) is 5.17. The molecule has 0 saturated heterocycles. The zero-order chi connectivity index (χ0) is 13.8. The zero-order valence-corrected chi connectivity index (χ0v) is 12.2. The van der Waals surface area contributed by atoms with Gasteiger partial charge in [-0.1, -0.05) is 28.1 Å². The third-order valence-electron chi connectivity index (χ3n) is 2.99. The second kappa shape index (κ2) is 6.17. The largest absolute Gasteiger partial charge is 0.497 e. The van der Waals surface area contributed by atoms with E-state index in [9.17, 15) is 4.39 Å². The molecular formula is C15H15BrFNO. The molecule has 0 amide bonds. The average molecular weight is 324 g/mol. The highest BCUT2D eigenvalue weighted by Gasteiger charge is 2.10. The molecule has 100 valence electrons. The third kappa shape index (κ3) is 3.55. The maximum atomic E-state index is 13.2. The van der Waals surface area contributed by atoms with E-state index in [0.717, 1.165) is 21.3 Å². The van der Waals surface area contributed by atoms with Gasteiger partial charge in [0.1, 0.15) is 11.6 Å². The lowest BCUT2D eigenvalue weighted by Gasteiger charge is -2.14. The highest BCUT2D eigenvalue weighted by Crippen LogP contribution is 2.24. The summed E-state index contributed by atoms with van der Waals surface area (Å²) in [7, 11) is 1.62. The van der Waals surface area contributed by atoms with Gasteiger partial charge in [-0.25, -0.2) is 4.39 Å². The molecule has 2 aromatic carbocycles. The van der Waals surface area contributed by atoms with Gasteiger partial charge in [0.15, 0.2) is 0 Å². The van der Waals surface area contributed by atoms with Crippen LogP contribution in [0.3, 0.4) is 0 Å². The summed E-state index contributed by atoms with van der Waals surface area (Å²) in [6.07, 6.45) is 0.574. The van der Waals surface area contributed by atoms with Crippen molar-refractivity contribution in [2.75, 3.05) is 7.11 Å². The highest BCUT2D eigenvalue weighted by atomic mass is 79.9. The number of hydrogen-bond acceptors (Lipinski definition) is 2. The van der Waals surface area contributed by atoms with Crippen LogP contribution in [0.1, 0.15) is 17.2 Å². The molecule has 2 rings (SSSR count). The third-order valence-corrected chi connectivity index (χ3v) is 3.77. The van der Waals surface area contributed by atoms with E-state index < -0.39 is 0 Å². The molecule has 2 aromatic rings. The molecule has 0 spiro atoms. The molecule has 0 bridgehead atoms. The lowest BCUT2D eigenvalue weighted by Crippen LogP contribution is -2.13. The van der Waals surface area contributed by atoms with Crippen molar-refractivity contribution in [1.29, 1.82) is 0 Å². The van der Waals surface area contributed by atoms with E-state index in [0.29, 0.717) is 6.42 Å². The van der Waals surface area contributed by atoms with Gasteiger partial charge >= 0.3 is 0 Å². The van der Waals surface area contributed by atoms with Crippen LogP contribution in [0.25, 0.3) is 0 Å². The van der Waals surface area contributed by atoms with Gasteiger partial charge in [0.2, 0.25) is 0 Å². The SMILES string of the molecule is COc1ccc(C(N)Cc2cc(F)ccc2Br)cc1. The van der Waals surface area contributed by atoms with Gasteiger partial charge in [0.05, 0.1) is 7.11 Å². The molecule has 19 heavy (non-hydrogen) atoms. The summed E-state index contributed by atoms with van der Waals surface area (Å²) in [6, 6.07) is 12.0. The Morgan fingerprint density at radius 2 is 1.89 bits per heavy atom. The summed E-state index contributed by atoms with van der Waals surface area (Å²) in [5.74, 6) is 0.544. The molecule has 4 heteroatoms. The predicted octanol–water partition coefficient (Wildman–Crippen LogP) is 3.84. The molecule has 1 atom stereocenters. The van der Waals surface area contributed by atoms with Crippen LogP contribution in [0.2, 0.25) is 0 Å². The smallest absolute Gasteiger partial charge is 0.123 e. The van der Waals surface area contributed by atoms with Gasteiger partial charge in [-0.2, -0.15) is 0 Å². The van der Waals surface area contributed by atoms with Crippen LogP contribution < -0.4 is 10.5 Å². The molecule has 0 saturated carbocycles. The van der Waals surface area contributed by atoms with E-state index in [-0.39, 0.29) is 11.9 Å². The lowest BCUT2D eigenvalue weighted by atomic mass is 9.99. The van der Waals surface area contributed by atoms with Gasteiger partial charge in [-0.05, 0) is 47.9 Å². The first-order chi connectivity index (χ1) is 9.10. The van der Waals surface area contributed by atoms with Crippen LogP contribution in [-0.4, -0.2) is 7.11 Å². The Bertz CT molecular complexity index is 557. The molecule has 0 aromatic heterocycles. The molecule has 2 N–H and O–H groups in total. The second-order valence-electron chi connectivity index (χ2n) is 4.32. The fourth-order valence-electron chi connectivity index (χ4n) is 1.91. The van der Waals surface area contributed by atoms with E-state index in [1.165, 1.54) is 12.1 Å². The van der Waals surface area contributed by atoms with Gasteiger partial charge in [0, 0.05) is 10.5 Å². The summed E-state index contributed by atoms with van der Waals surface area (Å²) in [4.78, 5) is 0. The minimum absolute atomic E-state index is 0.177. The Morgan fingerprint density at radius 3 is 2.53 bits per heavy atom. The first-order valence-corrected chi connectivity index (χ1v) is 6.73. The van der Waals surface area contributed by atoms with Crippen molar-refractivity contribution >= 4 is 15.9 Å². The average Bonchev–Trinajstić information content (AvgIpc) is 2.43. The summed E-state index contributed by atoms with van der Waals surface area (Å²) in [6.45, 7) is 0. The highest BCUT2D eigenvalue weighted by molar-refractivity contribution is 9.10. The number of methoxy groups -OCH3 is 1. The number of halogens is 2. The van der Waals surface area contributed by atoms with Crippen molar-refractivity contribution in [1.82, 2.24) is 0 Å². The van der Waals surface area contributed by atoms with Gasteiger partial charge in [-0.15, -0.1) is 0 Å². The summed E-state index contributed by atoms with van der Waals surface area (Å²) in [5, 5.41) is 0. The minimum atomic E-state index is -0.250. The van der Waals surface area contributed by atoms with E-state index in [1.54, 1.807) is 13.2 Å². The predicted molar refractivity (Wildman–Crippen MR) is 77.7 cm³/mol. The van der Waals surface area contributed by atoms with Crippen molar-refractivity contribution in [3.05, 3.63) is 63.9 Å². The monoisotopic (exact) mass is 323 g/mol. The molecule has 0 heterocycles. The number of hydrogen-bond donors (Lipinski definition) is 1. The van der Waals surface area contributed by atoms with Crippen molar-refractivity contribution in [2.45, 2.75) is 12.5 Å². The number of nitrogens with two attached hydrogens (primary N) is 1. The van der Waals surface area contributed by atoms with Crippen molar-refractivity contribution < 1.29 is 9.13 Å². The summed E-state index contributed by atoms with van der Waals surface area (Å²) < 4.78 is 19.2. The van der Waals surface area contributed by atoms with Crippen LogP contribution >= 0.6 is 15.9 Å². The Kier molecular flexibility index (Phi) is 4.56. The zero-order valence-electron chi connectivity index (χ0n) is 10.6. The van der Waals surface area contributed by atoms with Crippen LogP contribution in [0.4, 0.5) is 4.39 Å². The van der Waals surface area contributed by atoms with Crippen LogP contribution in [0.15, 0.2) is 46.9 Å². The maximum absolute atomic E-state index is 13.2. The Morgan fingerprint density at radius 1 is 1.21 bits per heavy atom. The Balaban J connectivity index is 2.15. The topological polar surface area (TPSA) is 35.2 Å². The van der Waals surface area contributed by atoms with Crippen molar-refractivity contribution in [2.24, 2.45) is 5.73 Å². The van der Waals surface area contributed by atoms with Gasteiger partial charge < -0.3 is 10.5 Å². The molecule has 0 aliphatic carbocycles. The standard InChI is InChI=1S/C15H15BrFNO/c1-19-13-5-2-10(3-6-13)15(18)9-11-8-12(17)4-7-14(11)16/h2-8,15H,9,18H2,1H3. The number of rotatable bonds is 4. The fraction of sp³-hybridized carbons (Fsp3) is 0.200. The van der Waals surface area contributed by atoms with Gasteiger partial charge in [0.25, 0.3) is 0 Å². The van der Waals surface area contributed by atoms with E-state index in [1.807, 2.05) is 24.3 Å². The van der Waals surface area contributed by atoms with E-state index in [4.69, 9.17) is 10.5 Å². The van der Waals surface area contributed by atoms with Crippen LogP contribution in [0.5, 0.6) is 5.75 Å². The Hall–Kier alpha value is -1.39. The Labute approximate surface area is 120 Å².